The molecule has 27 heavy (non-hydrogen) atoms. The molecule has 0 amide bonds. The van der Waals surface area contributed by atoms with Crippen LogP contribution in [0.1, 0.15) is 30.5 Å². The van der Waals surface area contributed by atoms with Crippen LogP contribution in [0.3, 0.4) is 0 Å². The molecule has 0 saturated heterocycles. The van der Waals surface area contributed by atoms with Gasteiger partial charge in [0.1, 0.15) is 15.7 Å². The third-order valence-electron chi connectivity index (χ3n) is 3.63. The molecule has 0 bridgehead atoms. The summed E-state index contributed by atoms with van der Waals surface area (Å²) < 4.78 is 38.1. The predicted octanol–water partition coefficient (Wildman–Crippen LogP) is 3.16. The Labute approximate surface area is 180 Å². The summed E-state index contributed by atoms with van der Waals surface area (Å²) in [5, 5.41) is 8.98. The smallest absolute Gasteiger partial charge is 0.191 e. The number of halogens is 2. The zero-order valence-corrected chi connectivity index (χ0v) is 19.4. The molecule has 0 aliphatic heterocycles. The number of aromatic nitrogens is 1. The molecule has 0 aliphatic rings. The first kappa shape index (κ1) is 23.8. The molecule has 1 aromatic carbocycles. The van der Waals surface area contributed by atoms with Crippen LogP contribution in [-0.2, 0) is 16.4 Å². The Morgan fingerprint density at radius 1 is 1.30 bits per heavy atom. The summed E-state index contributed by atoms with van der Waals surface area (Å²) in [7, 11) is -2.10. The van der Waals surface area contributed by atoms with Crippen molar-refractivity contribution in [3.8, 4) is 0 Å². The van der Waals surface area contributed by atoms with E-state index < -0.39 is 15.7 Å². The summed E-state index contributed by atoms with van der Waals surface area (Å²) in [6, 6.07) is 5.37. The molecule has 1 aromatic heterocycles. The molecular weight excluding hydrogens is 502 g/mol. The highest BCUT2D eigenvalue weighted by atomic mass is 127. The highest BCUT2D eigenvalue weighted by Crippen LogP contribution is 2.17. The normalized spacial score (nSPS) is 12.0. The summed E-state index contributed by atoms with van der Waals surface area (Å²) in [6.07, 6.45) is 0. The quantitative estimate of drug-likeness (QED) is 0.329. The van der Waals surface area contributed by atoms with Crippen LogP contribution in [0.25, 0.3) is 0 Å². The highest BCUT2D eigenvalue weighted by Gasteiger charge is 2.18. The van der Waals surface area contributed by atoms with Gasteiger partial charge in [-0.05, 0) is 18.1 Å². The fourth-order valence-corrected chi connectivity index (χ4v) is 4.30. The van der Waals surface area contributed by atoms with E-state index in [0.717, 1.165) is 16.8 Å². The Bertz CT molecular complexity index is 869. The van der Waals surface area contributed by atoms with E-state index >= 15 is 0 Å². The van der Waals surface area contributed by atoms with Gasteiger partial charge in [0.05, 0.1) is 18.0 Å². The maximum absolute atomic E-state index is 13.7. The van der Waals surface area contributed by atoms with E-state index in [-0.39, 0.29) is 41.2 Å². The van der Waals surface area contributed by atoms with E-state index in [9.17, 15) is 12.8 Å². The fourth-order valence-electron chi connectivity index (χ4n) is 2.16. The Kier molecular flexibility index (Phi) is 9.60. The zero-order chi connectivity index (χ0) is 19.2. The van der Waals surface area contributed by atoms with Gasteiger partial charge in [-0.15, -0.1) is 35.3 Å². The van der Waals surface area contributed by atoms with Crippen molar-refractivity contribution >= 4 is 51.1 Å². The molecule has 6 nitrogen and oxygen atoms in total. The average molecular weight is 526 g/mol. The van der Waals surface area contributed by atoms with E-state index in [1.807, 2.05) is 5.38 Å². The van der Waals surface area contributed by atoms with Gasteiger partial charge in [0.25, 0.3) is 0 Å². The molecular formula is C17H24FIN4O2S2. The molecule has 2 rings (SSSR count). The van der Waals surface area contributed by atoms with Crippen LogP contribution in [0.15, 0.2) is 39.5 Å². The molecule has 0 spiro atoms. The SMILES string of the molecule is CN=C(NCCS(=O)(=O)c1ccccc1F)NCc1nc(C(C)C)cs1.I. The Morgan fingerprint density at radius 3 is 2.59 bits per heavy atom. The van der Waals surface area contributed by atoms with Gasteiger partial charge < -0.3 is 10.6 Å². The lowest BCUT2D eigenvalue weighted by atomic mass is 10.2. The first-order chi connectivity index (χ1) is 12.3. The number of rotatable bonds is 7. The van der Waals surface area contributed by atoms with E-state index in [1.54, 1.807) is 18.4 Å². The lowest BCUT2D eigenvalue weighted by Gasteiger charge is -2.11. The lowest BCUT2D eigenvalue weighted by Crippen LogP contribution is -2.39. The van der Waals surface area contributed by atoms with E-state index in [4.69, 9.17) is 0 Å². The predicted molar refractivity (Wildman–Crippen MR) is 118 cm³/mol. The van der Waals surface area contributed by atoms with E-state index in [2.05, 4.69) is 34.5 Å². The standard InChI is InChI=1S/C17H23FN4O2S2.HI/c1-12(2)14-11-25-16(22-14)10-21-17(19-3)20-8-9-26(23,24)15-7-5-4-6-13(15)18;/h4-7,11-12H,8-10H2,1-3H3,(H2,19,20,21);1H. The van der Waals surface area contributed by atoms with Crippen LogP contribution in [0, 0.1) is 5.82 Å². The number of nitrogens with zero attached hydrogens (tertiary/aromatic N) is 2. The van der Waals surface area contributed by atoms with Gasteiger partial charge in [-0.1, -0.05) is 26.0 Å². The van der Waals surface area contributed by atoms with Gasteiger partial charge in [-0.2, -0.15) is 0 Å². The third kappa shape index (κ3) is 7.00. The number of hydrogen-bond acceptors (Lipinski definition) is 5. The van der Waals surface area contributed by atoms with Crippen LogP contribution >= 0.6 is 35.3 Å². The molecule has 0 aliphatic carbocycles. The minimum Gasteiger partial charge on any atom is -0.355 e. The number of guanidine groups is 1. The second-order valence-electron chi connectivity index (χ2n) is 5.92. The molecule has 0 fully saturated rings. The maximum atomic E-state index is 13.7. The first-order valence-corrected chi connectivity index (χ1v) is 10.7. The number of aliphatic imine (C=N–C) groups is 1. The summed E-state index contributed by atoms with van der Waals surface area (Å²) in [6.45, 7) is 4.79. The van der Waals surface area contributed by atoms with Crippen molar-refractivity contribution in [3.63, 3.8) is 0 Å². The van der Waals surface area contributed by atoms with Gasteiger partial charge in [-0.25, -0.2) is 17.8 Å². The van der Waals surface area contributed by atoms with Crippen molar-refractivity contribution in [3.05, 3.63) is 46.2 Å². The molecule has 0 atom stereocenters. The topological polar surface area (TPSA) is 83.5 Å². The van der Waals surface area contributed by atoms with Crippen molar-refractivity contribution in [2.45, 2.75) is 31.2 Å². The van der Waals surface area contributed by atoms with Gasteiger partial charge in [0.15, 0.2) is 15.8 Å². The molecule has 2 N–H and O–H groups in total. The Hall–Kier alpha value is -1.27. The van der Waals surface area contributed by atoms with Crippen LogP contribution in [-0.4, -0.2) is 38.7 Å². The molecule has 10 heteroatoms. The maximum Gasteiger partial charge on any atom is 0.191 e. The molecule has 2 aromatic rings. The number of benzene rings is 1. The molecule has 0 radical (unpaired) electrons. The summed E-state index contributed by atoms with van der Waals surface area (Å²) >= 11 is 1.56. The number of nitrogens with one attached hydrogen (secondary N) is 2. The van der Waals surface area contributed by atoms with Crippen LogP contribution in [0.2, 0.25) is 0 Å². The second-order valence-corrected chi connectivity index (χ2v) is 8.94. The highest BCUT2D eigenvalue weighted by molar-refractivity contribution is 14.0. The van der Waals surface area contributed by atoms with Crippen molar-refractivity contribution in [1.29, 1.82) is 0 Å². The van der Waals surface area contributed by atoms with Crippen molar-refractivity contribution in [2.24, 2.45) is 4.99 Å². The second kappa shape index (κ2) is 10.9. The Balaban J connectivity index is 0.00000364. The van der Waals surface area contributed by atoms with Crippen LogP contribution in [0.5, 0.6) is 0 Å². The van der Waals surface area contributed by atoms with Crippen LogP contribution in [0.4, 0.5) is 4.39 Å². The minimum absolute atomic E-state index is 0. The fraction of sp³-hybridized carbons (Fsp3) is 0.412. The largest absolute Gasteiger partial charge is 0.355 e. The van der Waals surface area contributed by atoms with Crippen molar-refractivity contribution in [2.75, 3.05) is 19.3 Å². The monoisotopic (exact) mass is 526 g/mol. The van der Waals surface area contributed by atoms with Gasteiger partial charge in [-0.3, -0.25) is 4.99 Å². The molecule has 0 saturated carbocycles. The number of hydrogen-bond donors (Lipinski definition) is 2. The average Bonchev–Trinajstić information content (AvgIpc) is 3.07. The van der Waals surface area contributed by atoms with E-state index in [1.165, 1.54) is 18.2 Å². The molecule has 1 heterocycles. The van der Waals surface area contributed by atoms with Crippen LogP contribution < -0.4 is 10.6 Å². The number of sulfone groups is 1. The van der Waals surface area contributed by atoms with E-state index in [0.29, 0.717) is 18.4 Å². The molecule has 0 unspecified atom stereocenters. The first-order valence-electron chi connectivity index (χ1n) is 8.19. The summed E-state index contributed by atoms with van der Waals surface area (Å²) in [4.78, 5) is 8.29. The van der Waals surface area contributed by atoms with Crippen molar-refractivity contribution in [1.82, 2.24) is 15.6 Å². The Morgan fingerprint density at radius 2 is 2.00 bits per heavy atom. The lowest BCUT2D eigenvalue weighted by molar-refractivity contribution is 0.566. The zero-order valence-electron chi connectivity index (χ0n) is 15.4. The minimum atomic E-state index is -3.70. The van der Waals surface area contributed by atoms with Gasteiger partial charge in [0, 0.05) is 19.0 Å². The molecule has 150 valence electrons. The summed E-state index contributed by atoms with van der Waals surface area (Å²) in [5.74, 6) is -0.126. The summed E-state index contributed by atoms with van der Waals surface area (Å²) in [5.41, 5.74) is 1.05. The third-order valence-corrected chi connectivity index (χ3v) is 6.24. The van der Waals surface area contributed by atoms with Crippen molar-refractivity contribution < 1.29 is 12.8 Å². The van der Waals surface area contributed by atoms with Gasteiger partial charge >= 0.3 is 0 Å². The van der Waals surface area contributed by atoms with Gasteiger partial charge in [0.2, 0.25) is 0 Å². The number of thiazole rings is 1.